The number of rotatable bonds is 8. The molecule has 0 saturated carbocycles. The first kappa shape index (κ1) is 23.6. The highest BCUT2D eigenvalue weighted by Gasteiger charge is 2.23. The van der Waals surface area contributed by atoms with Crippen molar-refractivity contribution in [3.05, 3.63) is 82.9 Å². The van der Waals surface area contributed by atoms with Crippen molar-refractivity contribution >= 4 is 38.9 Å². The molecule has 0 aliphatic rings. The van der Waals surface area contributed by atoms with E-state index in [1.807, 2.05) is 19.9 Å². The van der Waals surface area contributed by atoms with E-state index in [0.717, 1.165) is 11.1 Å². The Morgan fingerprint density at radius 1 is 1.00 bits per heavy atom. The molecule has 0 aliphatic heterocycles. The molecule has 3 aromatic carbocycles. The van der Waals surface area contributed by atoms with Crippen LogP contribution < -0.4 is 14.4 Å². The van der Waals surface area contributed by atoms with Crippen LogP contribution in [0.3, 0.4) is 0 Å². The van der Waals surface area contributed by atoms with Gasteiger partial charge in [-0.2, -0.15) is 0 Å². The van der Waals surface area contributed by atoms with E-state index in [2.05, 4.69) is 5.32 Å². The zero-order valence-electron chi connectivity index (χ0n) is 18.1. The van der Waals surface area contributed by atoms with Crippen LogP contribution in [0.4, 0.5) is 11.4 Å². The molecule has 0 spiro atoms. The molecule has 0 fully saturated rings. The Kier molecular flexibility index (Phi) is 7.43. The van der Waals surface area contributed by atoms with E-state index < -0.39 is 10.0 Å². The Balaban J connectivity index is 1.66. The normalized spacial score (nSPS) is 11.1. The average molecular weight is 473 g/mol. The Labute approximate surface area is 193 Å². The van der Waals surface area contributed by atoms with Crippen LogP contribution in [-0.2, 0) is 14.8 Å². The maximum absolute atomic E-state index is 13.0. The maximum Gasteiger partial charge on any atom is 0.264 e. The van der Waals surface area contributed by atoms with Crippen molar-refractivity contribution in [2.24, 2.45) is 0 Å². The summed E-state index contributed by atoms with van der Waals surface area (Å²) in [6.45, 7) is 5.64. The summed E-state index contributed by atoms with van der Waals surface area (Å²) >= 11 is 5.97. The topological polar surface area (TPSA) is 75.7 Å². The van der Waals surface area contributed by atoms with Gasteiger partial charge in [-0.3, -0.25) is 9.10 Å². The molecule has 8 heteroatoms. The fourth-order valence-electron chi connectivity index (χ4n) is 3.10. The number of benzene rings is 3. The number of halogens is 1. The van der Waals surface area contributed by atoms with Crippen LogP contribution in [0, 0.1) is 13.8 Å². The number of anilines is 2. The molecule has 0 aliphatic carbocycles. The molecule has 1 N–H and O–H groups in total. The van der Waals surface area contributed by atoms with Crippen LogP contribution in [0.2, 0.25) is 5.02 Å². The molecule has 32 heavy (non-hydrogen) atoms. The summed E-state index contributed by atoms with van der Waals surface area (Å²) in [5, 5.41) is 3.30. The Hall–Kier alpha value is -3.03. The average Bonchev–Trinajstić information content (AvgIpc) is 2.76. The molecule has 0 heterocycles. The number of sulfonamides is 1. The molecule has 3 rings (SSSR count). The number of amides is 1. The largest absolute Gasteiger partial charge is 0.484 e. The minimum absolute atomic E-state index is 0.190. The molecule has 3 aromatic rings. The van der Waals surface area contributed by atoms with Crippen LogP contribution in [0.25, 0.3) is 0 Å². The van der Waals surface area contributed by atoms with Gasteiger partial charge in [0.05, 0.1) is 10.6 Å². The van der Waals surface area contributed by atoms with Crippen molar-refractivity contribution in [3.63, 3.8) is 0 Å². The lowest BCUT2D eigenvalue weighted by atomic mass is 10.2. The van der Waals surface area contributed by atoms with E-state index in [-0.39, 0.29) is 24.0 Å². The number of nitrogens with zero attached hydrogens (tertiary/aromatic N) is 1. The summed E-state index contributed by atoms with van der Waals surface area (Å²) in [7, 11) is -3.68. The number of aryl methyl sites for hydroxylation is 2. The number of hydrogen-bond acceptors (Lipinski definition) is 4. The fraction of sp³-hybridized carbons (Fsp3) is 0.208. The third-order valence-corrected chi connectivity index (χ3v) is 7.02. The summed E-state index contributed by atoms with van der Waals surface area (Å²) in [4.78, 5) is 12.5. The monoisotopic (exact) mass is 472 g/mol. The van der Waals surface area contributed by atoms with Crippen molar-refractivity contribution in [3.8, 4) is 5.75 Å². The van der Waals surface area contributed by atoms with Gasteiger partial charge in [0.2, 0.25) is 0 Å². The molecule has 6 nitrogen and oxygen atoms in total. The van der Waals surface area contributed by atoms with Gasteiger partial charge in [0.1, 0.15) is 5.75 Å². The van der Waals surface area contributed by atoms with Gasteiger partial charge in [0.25, 0.3) is 15.9 Å². The van der Waals surface area contributed by atoms with E-state index in [9.17, 15) is 13.2 Å². The Bertz CT molecular complexity index is 1190. The van der Waals surface area contributed by atoms with E-state index >= 15 is 0 Å². The van der Waals surface area contributed by atoms with Crippen molar-refractivity contribution in [2.75, 3.05) is 22.8 Å². The Morgan fingerprint density at radius 3 is 2.28 bits per heavy atom. The van der Waals surface area contributed by atoms with Gasteiger partial charge in [-0.05, 0) is 74.9 Å². The highest BCUT2D eigenvalue weighted by molar-refractivity contribution is 7.92. The number of ether oxygens (including phenoxy) is 1. The molecule has 1 amide bonds. The summed E-state index contributed by atoms with van der Waals surface area (Å²) in [6.07, 6.45) is 0. The lowest BCUT2D eigenvalue weighted by molar-refractivity contribution is -0.118. The second-order valence-corrected chi connectivity index (χ2v) is 9.57. The minimum Gasteiger partial charge on any atom is -0.484 e. The smallest absolute Gasteiger partial charge is 0.264 e. The second-order valence-electron chi connectivity index (χ2n) is 7.27. The molecule has 168 valence electrons. The van der Waals surface area contributed by atoms with Crippen molar-refractivity contribution in [1.29, 1.82) is 0 Å². The van der Waals surface area contributed by atoms with Crippen LogP contribution in [0.1, 0.15) is 18.1 Å². The number of carbonyl (C=O) groups is 1. The summed E-state index contributed by atoms with van der Waals surface area (Å²) < 4.78 is 32.9. The van der Waals surface area contributed by atoms with Gasteiger partial charge in [-0.1, -0.05) is 35.4 Å². The summed E-state index contributed by atoms with van der Waals surface area (Å²) in [6, 6.07) is 18.6. The molecule has 0 atom stereocenters. The summed E-state index contributed by atoms with van der Waals surface area (Å²) in [5.41, 5.74) is 3.02. The van der Waals surface area contributed by atoms with Gasteiger partial charge in [0, 0.05) is 17.3 Å². The number of hydrogen-bond donors (Lipinski definition) is 1. The number of nitrogens with one attached hydrogen (secondary N) is 1. The molecule has 0 aromatic heterocycles. The van der Waals surface area contributed by atoms with Gasteiger partial charge in [-0.25, -0.2) is 8.42 Å². The second kappa shape index (κ2) is 10.1. The maximum atomic E-state index is 13.0. The lowest BCUT2D eigenvalue weighted by Crippen LogP contribution is -2.30. The minimum atomic E-state index is -3.68. The Morgan fingerprint density at radius 2 is 1.66 bits per heavy atom. The highest BCUT2D eigenvalue weighted by atomic mass is 35.5. The highest BCUT2D eigenvalue weighted by Crippen LogP contribution is 2.26. The zero-order valence-corrected chi connectivity index (χ0v) is 19.7. The quantitative estimate of drug-likeness (QED) is 0.489. The predicted molar refractivity (Wildman–Crippen MR) is 128 cm³/mol. The third kappa shape index (κ3) is 5.60. The molecular formula is C24H25ClN2O4S. The van der Waals surface area contributed by atoms with Gasteiger partial charge >= 0.3 is 0 Å². The molecule has 0 saturated heterocycles. The van der Waals surface area contributed by atoms with Crippen LogP contribution in [0.5, 0.6) is 5.75 Å². The first-order chi connectivity index (χ1) is 15.2. The van der Waals surface area contributed by atoms with E-state index in [1.165, 1.54) is 4.31 Å². The first-order valence-electron chi connectivity index (χ1n) is 10.1. The summed E-state index contributed by atoms with van der Waals surface area (Å²) in [5.74, 6) is 0.132. The van der Waals surface area contributed by atoms with Crippen LogP contribution >= 0.6 is 11.6 Å². The van der Waals surface area contributed by atoms with Gasteiger partial charge in [0.15, 0.2) is 6.61 Å². The number of carbonyl (C=O) groups excluding carboxylic acids is 1. The standard InChI is InChI=1S/C24H25ClN2O4S/c1-4-27(32(29,30)22-13-5-17(2)6-14-22)20-9-11-21(12-10-20)31-16-24(28)26-23-15-19(25)8-7-18(23)3/h5-15H,4,16H2,1-3H3,(H,26,28). The van der Waals surface area contributed by atoms with Crippen LogP contribution in [0.15, 0.2) is 71.6 Å². The molecule has 0 unspecified atom stereocenters. The lowest BCUT2D eigenvalue weighted by Gasteiger charge is -2.23. The van der Waals surface area contributed by atoms with Crippen molar-refractivity contribution in [1.82, 2.24) is 0 Å². The zero-order chi connectivity index (χ0) is 23.3. The fourth-order valence-corrected chi connectivity index (χ4v) is 4.75. The molecule has 0 radical (unpaired) electrons. The van der Waals surface area contributed by atoms with Gasteiger partial charge in [-0.15, -0.1) is 0 Å². The van der Waals surface area contributed by atoms with E-state index in [1.54, 1.807) is 67.6 Å². The van der Waals surface area contributed by atoms with E-state index in [4.69, 9.17) is 16.3 Å². The first-order valence-corrected chi connectivity index (χ1v) is 11.9. The van der Waals surface area contributed by atoms with Crippen LogP contribution in [-0.4, -0.2) is 27.5 Å². The predicted octanol–water partition coefficient (Wildman–Crippen LogP) is 5.19. The SMILES string of the molecule is CCN(c1ccc(OCC(=O)Nc2cc(Cl)ccc2C)cc1)S(=O)(=O)c1ccc(C)cc1. The van der Waals surface area contributed by atoms with Gasteiger partial charge < -0.3 is 10.1 Å². The van der Waals surface area contributed by atoms with Crippen molar-refractivity contribution in [2.45, 2.75) is 25.7 Å². The molecule has 0 bridgehead atoms. The third-order valence-electron chi connectivity index (χ3n) is 4.86. The van der Waals surface area contributed by atoms with Crippen molar-refractivity contribution < 1.29 is 17.9 Å². The molecular weight excluding hydrogens is 448 g/mol. The van der Waals surface area contributed by atoms with E-state index in [0.29, 0.717) is 22.1 Å².